The van der Waals surface area contributed by atoms with E-state index in [1.54, 1.807) is 20.8 Å². The number of hydrogen-bond acceptors (Lipinski definition) is 5. The van der Waals surface area contributed by atoms with E-state index in [-0.39, 0.29) is 5.75 Å². The number of aliphatic carboxylic acids is 1. The molecule has 0 aliphatic carbocycles. The predicted octanol–water partition coefficient (Wildman–Crippen LogP) is 5.68. The van der Waals surface area contributed by atoms with Gasteiger partial charge in [0.2, 0.25) is 5.91 Å². The third-order valence-electron chi connectivity index (χ3n) is 6.82. The zero-order valence-electron chi connectivity index (χ0n) is 23.1. The molecule has 0 aromatic heterocycles. The van der Waals surface area contributed by atoms with Gasteiger partial charge < -0.3 is 20.1 Å². The second kappa shape index (κ2) is 12.6. The summed E-state index contributed by atoms with van der Waals surface area (Å²) >= 11 is 1.53. The van der Waals surface area contributed by atoms with Crippen molar-refractivity contribution >= 4 is 29.7 Å². The van der Waals surface area contributed by atoms with Crippen LogP contribution < -0.4 is 5.32 Å². The summed E-state index contributed by atoms with van der Waals surface area (Å²) in [6.45, 7) is 5.59. The molecule has 4 rings (SSSR count). The number of likely N-dealkylation sites (tertiary alicyclic amines) is 1. The minimum atomic E-state index is -1.04. The number of nitrogens with one attached hydrogen (secondary N) is 1. The van der Waals surface area contributed by atoms with E-state index in [9.17, 15) is 19.5 Å². The van der Waals surface area contributed by atoms with Crippen LogP contribution in [0, 0.1) is 0 Å². The monoisotopic (exact) mass is 560 g/mol. The molecule has 2 N–H and O–H groups in total. The van der Waals surface area contributed by atoms with Gasteiger partial charge in [-0.3, -0.25) is 4.79 Å². The van der Waals surface area contributed by atoms with Crippen molar-refractivity contribution in [2.45, 2.75) is 56.0 Å². The maximum atomic E-state index is 13.9. The van der Waals surface area contributed by atoms with Crippen molar-refractivity contribution in [1.82, 2.24) is 10.2 Å². The third kappa shape index (κ3) is 6.67. The summed E-state index contributed by atoms with van der Waals surface area (Å²) in [5, 5.41) is 12.5. The lowest BCUT2D eigenvalue weighted by Crippen LogP contribution is -2.53. The number of benzene rings is 3. The van der Waals surface area contributed by atoms with Gasteiger partial charge in [0.1, 0.15) is 17.7 Å². The number of carboxylic acid groups (broad SMARTS) is 1. The summed E-state index contributed by atoms with van der Waals surface area (Å²) in [4.78, 5) is 40.1. The Balaban J connectivity index is 1.76. The standard InChI is InChI=1S/C32H36N2O5S/c1-31(2,3)39-30(38)33-26(28(35)34-21-13-20-27(34)29(36)37)22-40-32(23-14-7-4-8-15-23,24-16-9-5-10-17-24)25-18-11-6-12-19-25/h4-12,14-19,26-27H,13,20-22H2,1-3H3,(H,33,38)(H,36,37). The van der Waals surface area contributed by atoms with Crippen molar-refractivity contribution in [2.75, 3.05) is 12.3 Å². The highest BCUT2D eigenvalue weighted by molar-refractivity contribution is 8.00. The lowest BCUT2D eigenvalue weighted by atomic mass is 9.84. The Bertz CT molecular complexity index is 1200. The Kier molecular flexibility index (Phi) is 9.20. The molecule has 0 spiro atoms. The summed E-state index contributed by atoms with van der Waals surface area (Å²) in [5.41, 5.74) is 2.30. The SMILES string of the molecule is CC(C)(C)OC(=O)NC(CSC(c1ccccc1)(c1ccccc1)c1ccccc1)C(=O)N1CCCC1C(=O)O. The molecule has 1 saturated heterocycles. The number of hydrogen-bond donors (Lipinski definition) is 2. The molecule has 3 aromatic rings. The highest BCUT2D eigenvalue weighted by atomic mass is 32.2. The fourth-order valence-corrected chi connectivity index (χ4v) is 6.64. The van der Waals surface area contributed by atoms with E-state index < -0.39 is 40.4 Å². The lowest BCUT2D eigenvalue weighted by Gasteiger charge is -2.37. The van der Waals surface area contributed by atoms with Crippen molar-refractivity contribution in [3.05, 3.63) is 108 Å². The summed E-state index contributed by atoms with van der Waals surface area (Å²) < 4.78 is 4.78. The van der Waals surface area contributed by atoms with Crippen LogP contribution in [0.15, 0.2) is 91.0 Å². The minimum Gasteiger partial charge on any atom is -0.480 e. The topological polar surface area (TPSA) is 95.9 Å². The van der Waals surface area contributed by atoms with Gasteiger partial charge in [0.15, 0.2) is 0 Å². The van der Waals surface area contributed by atoms with Gasteiger partial charge in [-0.05, 0) is 50.3 Å². The Morgan fingerprint density at radius 1 is 0.900 bits per heavy atom. The summed E-state index contributed by atoms with van der Waals surface area (Å²) in [6, 6.07) is 28.3. The molecule has 210 valence electrons. The van der Waals surface area contributed by atoms with Crippen LogP contribution in [0.5, 0.6) is 0 Å². The highest BCUT2D eigenvalue weighted by Crippen LogP contribution is 2.48. The molecule has 40 heavy (non-hydrogen) atoms. The molecular weight excluding hydrogens is 524 g/mol. The first kappa shape index (κ1) is 29.2. The minimum absolute atomic E-state index is 0.180. The first-order chi connectivity index (χ1) is 19.1. The van der Waals surface area contributed by atoms with Crippen LogP contribution in [-0.2, 0) is 19.1 Å². The van der Waals surface area contributed by atoms with Gasteiger partial charge in [-0.15, -0.1) is 11.8 Å². The molecule has 1 fully saturated rings. The van der Waals surface area contributed by atoms with E-state index in [4.69, 9.17) is 4.74 Å². The number of amides is 2. The Morgan fingerprint density at radius 2 is 1.38 bits per heavy atom. The zero-order valence-corrected chi connectivity index (χ0v) is 23.9. The molecule has 1 heterocycles. The number of carbonyl (C=O) groups is 3. The van der Waals surface area contributed by atoms with Crippen molar-refractivity contribution in [2.24, 2.45) is 0 Å². The number of carbonyl (C=O) groups excluding carboxylic acids is 2. The normalized spacial score (nSPS) is 16.3. The Hall–Kier alpha value is -3.78. The van der Waals surface area contributed by atoms with Crippen molar-refractivity contribution in [3.8, 4) is 0 Å². The molecule has 1 aliphatic rings. The molecule has 2 amide bonds. The van der Waals surface area contributed by atoms with E-state index in [1.165, 1.54) is 16.7 Å². The van der Waals surface area contributed by atoms with Gasteiger partial charge in [-0.1, -0.05) is 91.0 Å². The molecule has 8 heteroatoms. The number of rotatable bonds is 9. The number of thioether (sulfide) groups is 1. The number of ether oxygens (including phenoxy) is 1. The fourth-order valence-electron chi connectivity index (χ4n) is 5.09. The Labute approximate surface area is 239 Å². The van der Waals surface area contributed by atoms with E-state index in [0.717, 1.165) is 16.7 Å². The van der Waals surface area contributed by atoms with Crippen molar-refractivity contribution < 1.29 is 24.2 Å². The first-order valence-corrected chi connectivity index (χ1v) is 14.4. The number of alkyl carbamates (subject to hydrolysis) is 1. The maximum Gasteiger partial charge on any atom is 0.408 e. The Morgan fingerprint density at radius 3 is 1.80 bits per heavy atom. The van der Waals surface area contributed by atoms with Crippen LogP contribution in [0.1, 0.15) is 50.3 Å². The van der Waals surface area contributed by atoms with E-state index in [1.807, 2.05) is 54.6 Å². The number of nitrogens with zero attached hydrogens (tertiary/aromatic N) is 1. The van der Waals surface area contributed by atoms with E-state index in [2.05, 4.69) is 41.7 Å². The van der Waals surface area contributed by atoms with Crippen LogP contribution in [0.25, 0.3) is 0 Å². The average Bonchev–Trinajstić information content (AvgIpc) is 3.44. The van der Waals surface area contributed by atoms with Gasteiger partial charge in [-0.25, -0.2) is 9.59 Å². The molecule has 1 aliphatic heterocycles. The third-order valence-corrected chi connectivity index (χ3v) is 8.46. The van der Waals surface area contributed by atoms with Crippen LogP contribution in [0.3, 0.4) is 0 Å². The van der Waals surface area contributed by atoms with E-state index in [0.29, 0.717) is 19.4 Å². The van der Waals surface area contributed by atoms with Crippen LogP contribution in [-0.4, -0.2) is 58.0 Å². The van der Waals surface area contributed by atoms with Crippen LogP contribution >= 0.6 is 11.8 Å². The predicted molar refractivity (Wildman–Crippen MR) is 157 cm³/mol. The zero-order chi connectivity index (χ0) is 28.8. The average molecular weight is 561 g/mol. The van der Waals surface area contributed by atoms with Crippen LogP contribution in [0.4, 0.5) is 4.79 Å². The molecule has 7 nitrogen and oxygen atoms in total. The van der Waals surface area contributed by atoms with Crippen molar-refractivity contribution in [1.29, 1.82) is 0 Å². The highest BCUT2D eigenvalue weighted by Gasteiger charge is 2.42. The quantitative estimate of drug-likeness (QED) is 0.327. The first-order valence-electron chi connectivity index (χ1n) is 13.4. The van der Waals surface area contributed by atoms with Crippen LogP contribution in [0.2, 0.25) is 0 Å². The summed E-state index contributed by atoms with van der Waals surface area (Å²) in [7, 11) is 0. The molecule has 2 unspecified atom stereocenters. The second-order valence-corrected chi connectivity index (χ2v) is 12.1. The molecule has 0 radical (unpaired) electrons. The second-order valence-electron chi connectivity index (χ2n) is 10.8. The summed E-state index contributed by atoms with van der Waals surface area (Å²) in [5.74, 6) is -1.28. The van der Waals surface area contributed by atoms with Gasteiger partial charge in [0.05, 0.1) is 4.75 Å². The summed E-state index contributed by atoms with van der Waals surface area (Å²) in [6.07, 6.45) is 0.258. The molecular formula is C32H36N2O5S. The molecule has 0 bridgehead atoms. The molecule has 0 saturated carbocycles. The smallest absolute Gasteiger partial charge is 0.408 e. The van der Waals surface area contributed by atoms with Gasteiger partial charge in [0.25, 0.3) is 0 Å². The molecule has 3 aromatic carbocycles. The number of carboxylic acids is 1. The molecule has 2 atom stereocenters. The van der Waals surface area contributed by atoms with Gasteiger partial charge >= 0.3 is 12.1 Å². The van der Waals surface area contributed by atoms with Crippen molar-refractivity contribution in [3.63, 3.8) is 0 Å². The lowest BCUT2D eigenvalue weighted by molar-refractivity contribution is -0.148. The van der Waals surface area contributed by atoms with E-state index >= 15 is 0 Å². The fraction of sp³-hybridized carbons (Fsp3) is 0.344. The van der Waals surface area contributed by atoms with Gasteiger partial charge in [-0.2, -0.15) is 0 Å². The largest absolute Gasteiger partial charge is 0.480 e. The van der Waals surface area contributed by atoms with Gasteiger partial charge in [0, 0.05) is 12.3 Å². The maximum absolute atomic E-state index is 13.9.